The minimum Gasteiger partial charge on any atom is -0.489 e. The van der Waals surface area contributed by atoms with Gasteiger partial charge >= 0.3 is 6.03 Å². The second-order valence-electron chi connectivity index (χ2n) is 5.62. The molecule has 0 bridgehead atoms. The Labute approximate surface area is 130 Å². The van der Waals surface area contributed by atoms with Crippen molar-refractivity contribution in [2.45, 2.75) is 26.4 Å². The number of hydrogen-bond acceptors (Lipinski definition) is 2. The summed E-state index contributed by atoms with van der Waals surface area (Å²) in [4.78, 5) is 14.4. The highest BCUT2D eigenvalue weighted by atomic mass is 16.5. The molecule has 0 spiro atoms. The van der Waals surface area contributed by atoms with Gasteiger partial charge in [0.15, 0.2) is 0 Å². The fourth-order valence-corrected chi connectivity index (χ4v) is 2.66. The first-order valence-corrected chi connectivity index (χ1v) is 7.57. The first kappa shape index (κ1) is 14.4. The van der Waals surface area contributed by atoms with Gasteiger partial charge in [0.05, 0.1) is 11.8 Å². The van der Waals surface area contributed by atoms with Crippen molar-refractivity contribution < 1.29 is 9.53 Å². The average Bonchev–Trinajstić information content (AvgIpc) is 2.93. The van der Waals surface area contributed by atoms with E-state index in [2.05, 4.69) is 11.4 Å². The highest BCUT2D eigenvalue weighted by Gasteiger charge is 2.24. The zero-order chi connectivity index (χ0) is 15.5. The van der Waals surface area contributed by atoms with E-state index in [0.29, 0.717) is 18.0 Å². The first-order chi connectivity index (χ1) is 10.6. The standard InChI is InChI=1S/C18H20N2O2/c1-13(2)22-17-10-6-4-8-15(17)19-18(21)20-12-11-14-7-3-5-9-16(14)20/h3-10,13H,11-12H2,1-2H3,(H,19,21). The summed E-state index contributed by atoms with van der Waals surface area (Å²) >= 11 is 0. The summed E-state index contributed by atoms with van der Waals surface area (Å²) in [5, 5.41) is 2.96. The van der Waals surface area contributed by atoms with Crippen LogP contribution >= 0.6 is 0 Å². The van der Waals surface area contributed by atoms with Gasteiger partial charge in [0.1, 0.15) is 5.75 Å². The van der Waals surface area contributed by atoms with Gasteiger partial charge < -0.3 is 10.1 Å². The molecule has 22 heavy (non-hydrogen) atoms. The molecule has 1 heterocycles. The molecular formula is C18H20N2O2. The topological polar surface area (TPSA) is 41.6 Å². The van der Waals surface area contributed by atoms with Crippen molar-refractivity contribution in [1.82, 2.24) is 0 Å². The highest BCUT2D eigenvalue weighted by molar-refractivity contribution is 6.03. The molecule has 1 aliphatic heterocycles. The van der Waals surface area contributed by atoms with Crippen LogP contribution in [0.1, 0.15) is 19.4 Å². The van der Waals surface area contributed by atoms with E-state index in [1.807, 2.05) is 56.3 Å². The molecule has 2 aromatic carbocycles. The number of rotatable bonds is 3. The van der Waals surface area contributed by atoms with E-state index in [1.54, 1.807) is 4.90 Å². The summed E-state index contributed by atoms with van der Waals surface area (Å²) in [6, 6.07) is 15.4. The largest absolute Gasteiger partial charge is 0.489 e. The minimum absolute atomic E-state index is 0.0607. The number of urea groups is 1. The molecule has 0 unspecified atom stereocenters. The van der Waals surface area contributed by atoms with Crippen molar-refractivity contribution in [3.8, 4) is 5.75 Å². The molecule has 0 saturated carbocycles. The summed E-state index contributed by atoms with van der Waals surface area (Å²) in [5.74, 6) is 0.693. The van der Waals surface area contributed by atoms with Gasteiger partial charge in [-0.25, -0.2) is 4.79 Å². The van der Waals surface area contributed by atoms with Gasteiger partial charge in [0, 0.05) is 12.2 Å². The molecule has 0 aromatic heterocycles. The molecule has 2 aromatic rings. The van der Waals surface area contributed by atoms with Crippen LogP contribution in [0, 0.1) is 0 Å². The molecule has 0 saturated heterocycles. The van der Waals surface area contributed by atoms with Gasteiger partial charge in [-0.1, -0.05) is 30.3 Å². The summed E-state index contributed by atoms with van der Waals surface area (Å²) in [6.45, 7) is 4.64. The number of hydrogen-bond donors (Lipinski definition) is 1. The first-order valence-electron chi connectivity index (χ1n) is 7.57. The number of nitrogens with zero attached hydrogens (tertiary/aromatic N) is 1. The Morgan fingerprint density at radius 3 is 2.68 bits per heavy atom. The third kappa shape index (κ3) is 2.91. The van der Waals surface area contributed by atoms with Gasteiger partial charge in [0.2, 0.25) is 0 Å². The van der Waals surface area contributed by atoms with Crippen LogP contribution in [-0.4, -0.2) is 18.7 Å². The van der Waals surface area contributed by atoms with Gasteiger partial charge in [-0.2, -0.15) is 0 Å². The highest BCUT2D eigenvalue weighted by Crippen LogP contribution is 2.30. The predicted octanol–water partition coefficient (Wildman–Crippen LogP) is 4.07. The van der Waals surface area contributed by atoms with Crippen molar-refractivity contribution in [1.29, 1.82) is 0 Å². The fourth-order valence-electron chi connectivity index (χ4n) is 2.66. The number of carbonyl (C=O) groups excluding carboxylic acids is 1. The Balaban J connectivity index is 1.79. The van der Waals surface area contributed by atoms with Gasteiger partial charge in [-0.05, 0) is 44.0 Å². The molecule has 2 amide bonds. The molecule has 114 valence electrons. The third-order valence-electron chi connectivity index (χ3n) is 3.62. The monoisotopic (exact) mass is 296 g/mol. The van der Waals surface area contributed by atoms with Crippen molar-refractivity contribution in [2.75, 3.05) is 16.8 Å². The molecule has 4 nitrogen and oxygen atoms in total. The molecule has 4 heteroatoms. The Hall–Kier alpha value is -2.49. The van der Waals surface area contributed by atoms with Crippen LogP contribution in [0.3, 0.4) is 0 Å². The zero-order valence-electron chi connectivity index (χ0n) is 12.9. The van der Waals surface area contributed by atoms with Gasteiger partial charge in [0.25, 0.3) is 0 Å². The molecule has 1 aliphatic rings. The zero-order valence-corrected chi connectivity index (χ0v) is 12.9. The van der Waals surface area contributed by atoms with Gasteiger partial charge in [-0.3, -0.25) is 4.90 Å². The predicted molar refractivity (Wildman–Crippen MR) is 88.7 cm³/mol. The Bertz CT molecular complexity index is 682. The van der Waals surface area contributed by atoms with E-state index in [-0.39, 0.29) is 12.1 Å². The van der Waals surface area contributed by atoms with E-state index < -0.39 is 0 Å². The maximum Gasteiger partial charge on any atom is 0.326 e. The summed E-state index contributed by atoms with van der Waals surface area (Å²) in [6.07, 6.45) is 0.957. The van der Waals surface area contributed by atoms with Crippen LogP contribution in [-0.2, 0) is 6.42 Å². The van der Waals surface area contributed by atoms with E-state index >= 15 is 0 Å². The summed E-state index contributed by atoms with van der Waals surface area (Å²) in [5.41, 5.74) is 2.90. The van der Waals surface area contributed by atoms with Crippen molar-refractivity contribution >= 4 is 17.4 Å². The minimum atomic E-state index is -0.121. The number of fused-ring (bicyclic) bond motifs is 1. The molecule has 0 atom stereocenters. The summed E-state index contributed by atoms with van der Waals surface area (Å²) in [7, 11) is 0. The Morgan fingerprint density at radius 2 is 1.86 bits per heavy atom. The van der Waals surface area contributed by atoms with Crippen LogP contribution in [0.15, 0.2) is 48.5 Å². The van der Waals surface area contributed by atoms with Crippen LogP contribution in [0.2, 0.25) is 0 Å². The van der Waals surface area contributed by atoms with E-state index in [0.717, 1.165) is 12.1 Å². The van der Waals surface area contributed by atoms with Crippen molar-refractivity contribution in [3.63, 3.8) is 0 Å². The van der Waals surface area contributed by atoms with E-state index in [4.69, 9.17) is 4.74 Å². The Morgan fingerprint density at radius 1 is 1.14 bits per heavy atom. The number of carbonyl (C=O) groups is 1. The molecule has 3 rings (SSSR count). The second-order valence-corrected chi connectivity index (χ2v) is 5.62. The number of para-hydroxylation sites is 3. The normalized spacial score (nSPS) is 13.1. The van der Waals surface area contributed by atoms with Crippen LogP contribution in [0.5, 0.6) is 5.75 Å². The van der Waals surface area contributed by atoms with E-state index in [9.17, 15) is 4.79 Å². The van der Waals surface area contributed by atoms with Crippen molar-refractivity contribution in [3.05, 3.63) is 54.1 Å². The number of nitrogens with one attached hydrogen (secondary N) is 1. The second kappa shape index (κ2) is 6.10. The Kier molecular flexibility index (Phi) is 4.00. The molecular weight excluding hydrogens is 276 g/mol. The van der Waals surface area contributed by atoms with Crippen molar-refractivity contribution in [2.24, 2.45) is 0 Å². The maximum atomic E-state index is 12.6. The quantitative estimate of drug-likeness (QED) is 0.927. The lowest BCUT2D eigenvalue weighted by atomic mass is 10.2. The lowest BCUT2D eigenvalue weighted by Crippen LogP contribution is -2.33. The average molecular weight is 296 g/mol. The fraction of sp³-hybridized carbons (Fsp3) is 0.278. The molecule has 0 radical (unpaired) electrons. The molecule has 0 fully saturated rings. The third-order valence-corrected chi connectivity index (χ3v) is 3.62. The molecule has 0 aliphatic carbocycles. The number of ether oxygens (including phenoxy) is 1. The van der Waals surface area contributed by atoms with Gasteiger partial charge in [-0.15, -0.1) is 0 Å². The lowest BCUT2D eigenvalue weighted by molar-refractivity contribution is 0.242. The number of anilines is 2. The number of amides is 2. The lowest BCUT2D eigenvalue weighted by Gasteiger charge is -2.20. The van der Waals surface area contributed by atoms with Crippen LogP contribution < -0.4 is 15.0 Å². The maximum absolute atomic E-state index is 12.6. The van der Waals surface area contributed by atoms with E-state index in [1.165, 1.54) is 5.56 Å². The van der Waals surface area contributed by atoms with Crippen LogP contribution in [0.4, 0.5) is 16.2 Å². The number of benzene rings is 2. The summed E-state index contributed by atoms with van der Waals surface area (Å²) < 4.78 is 5.75. The SMILES string of the molecule is CC(C)Oc1ccccc1NC(=O)N1CCc2ccccc21. The van der Waals surface area contributed by atoms with Crippen LogP contribution in [0.25, 0.3) is 0 Å². The molecule has 1 N–H and O–H groups in total. The smallest absolute Gasteiger partial charge is 0.326 e.